The van der Waals surface area contributed by atoms with Gasteiger partial charge in [0.2, 0.25) is 0 Å². The first-order valence-electron chi connectivity index (χ1n) is 6.55. The van der Waals surface area contributed by atoms with E-state index in [2.05, 4.69) is 4.99 Å². The van der Waals surface area contributed by atoms with Gasteiger partial charge in [0, 0.05) is 18.0 Å². The molecule has 0 aliphatic carbocycles. The minimum atomic E-state index is -0.461. The highest BCUT2D eigenvalue weighted by Gasteiger charge is 2.12. The minimum absolute atomic E-state index is 0. The van der Waals surface area contributed by atoms with E-state index in [9.17, 15) is 4.39 Å². The van der Waals surface area contributed by atoms with E-state index in [-0.39, 0.29) is 17.4 Å². The van der Waals surface area contributed by atoms with Gasteiger partial charge in [0.05, 0.1) is 26.4 Å². The molecule has 0 bridgehead atoms. The van der Waals surface area contributed by atoms with Crippen LogP contribution in [0.3, 0.4) is 0 Å². The molecule has 0 N–H and O–H groups in total. The van der Waals surface area contributed by atoms with E-state index in [1.165, 1.54) is 17.4 Å². The highest BCUT2D eigenvalue weighted by molar-refractivity contribution is 7.07. The maximum Gasteiger partial charge on any atom is 0.189 e. The Morgan fingerprint density at radius 2 is 1.75 bits per heavy atom. The van der Waals surface area contributed by atoms with Crippen molar-refractivity contribution in [3.63, 3.8) is 0 Å². The van der Waals surface area contributed by atoms with E-state index < -0.39 is 5.82 Å². The highest BCUT2D eigenvalue weighted by atomic mass is 35.5. The number of rotatable bonds is 2. The molecular formula is C16H10Cl4FN2S-. The van der Waals surface area contributed by atoms with Gasteiger partial charge in [0.25, 0.3) is 0 Å². The summed E-state index contributed by atoms with van der Waals surface area (Å²) < 4.78 is 15.3. The Kier molecular flexibility index (Phi) is 6.34. The lowest BCUT2D eigenvalue weighted by Crippen LogP contribution is -3.00. The molecule has 8 heteroatoms. The van der Waals surface area contributed by atoms with Crippen LogP contribution in [0.5, 0.6) is 0 Å². The Labute approximate surface area is 163 Å². The third kappa shape index (κ3) is 3.63. The van der Waals surface area contributed by atoms with Crippen molar-refractivity contribution in [2.75, 3.05) is 7.05 Å². The van der Waals surface area contributed by atoms with Gasteiger partial charge < -0.3 is 12.4 Å². The zero-order valence-electron chi connectivity index (χ0n) is 12.2. The number of thiazole rings is 1. The maximum atomic E-state index is 13.4. The molecule has 1 aromatic heterocycles. The van der Waals surface area contributed by atoms with Crippen LogP contribution in [0, 0.1) is 5.82 Å². The van der Waals surface area contributed by atoms with Gasteiger partial charge in [0.1, 0.15) is 5.82 Å². The number of nitrogens with zero attached hydrogens (tertiary/aromatic N) is 2. The first-order valence-corrected chi connectivity index (χ1v) is 8.57. The predicted octanol–water partition coefficient (Wildman–Crippen LogP) is 2.84. The molecule has 0 aliphatic heterocycles. The van der Waals surface area contributed by atoms with E-state index in [1.807, 2.05) is 16.0 Å². The Hall–Kier alpha value is -1.04. The molecule has 3 rings (SSSR count). The molecule has 2 aromatic carbocycles. The lowest BCUT2D eigenvalue weighted by molar-refractivity contribution is -0.00000486. The molecule has 1 heterocycles. The van der Waals surface area contributed by atoms with Gasteiger partial charge in [0.15, 0.2) is 4.80 Å². The van der Waals surface area contributed by atoms with Crippen molar-refractivity contribution in [1.29, 1.82) is 0 Å². The summed E-state index contributed by atoms with van der Waals surface area (Å²) in [5.74, 6) is -0.461. The average Bonchev–Trinajstić information content (AvgIpc) is 2.96. The average molecular weight is 423 g/mol. The lowest BCUT2D eigenvalue weighted by atomic mass is 10.1. The summed E-state index contributed by atoms with van der Waals surface area (Å²) in [4.78, 5) is 5.03. The molecule has 0 aliphatic rings. The van der Waals surface area contributed by atoms with E-state index in [0.717, 1.165) is 21.7 Å². The molecule has 0 atom stereocenters. The number of hydrogen-bond donors (Lipinski definition) is 0. The number of aromatic nitrogens is 1. The second kappa shape index (κ2) is 7.89. The van der Waals surface area contributed by atoms with Crippen LogP contribution in [0.4, 0.5) is 4.39 Å². The molecule has 24 heavy (non-hydrogen) atoms. The van der Waals surface area contributed by atoms with Crippen molar-refractivity contribution in [2.24, 2.45) is 4.99 Å². The Morgan fingerprint density at radius 3 is 2.38 bits per heavy atom. The van der Waals surface area contributed by atoms with Crippen LogP contribution in [0.15, 0.2) is 46.8 Å². The molecule has 126 valence electrons. The molecule has 0 amide bonds. The summed E-state index contributed by atoms with van der Waals surface area (Å²) in [6, 6.07) is 9.95. The third-order valence-corrected chi connectivity index (χ3v) is 5.22. The van der Waals surface area contributed by atoms with Crippen LogP contribution < -0.4 is 17.2 Å². The van der Waals surface area contributed by atoms with E-state index in [4.69, 9.17) is 34.8 Å². The van der Waals surface area contributed by atoms with Crippen molar-refractivity contribution in [1.82, 2.24) is 4.57 Å². The van der Waals surface area contributed by atoms with Gasteiger partial charge in [-0.2, -0.15) is 0 Å². The molecule has 0 unspecified atom stereocenters. The van der Waals surface area contributed by atoms with Crippen molar-refractivity contribution in [2.45, 2.75) is 0 Å². The largest absolute Gasteiger partial charge is 1.00 e. The van der Waals surface area contributed by atoms with Crippen molar-refractivity contribution in [3.05, 3.63) is 67.5 Å². The molecular weight excluding hydrogens is 413 g/mol. The Balaban J connectivity index is 0.00000208. The lowest BCUT2D eigenvalue weighted by Gasteiger charge is -2.10. The van der Waals surface area contributed by atoms with E-state index in [0.29, 0.717) is 10.0 Å². The maximum absolute atomic E-state index is 13.4. The van der Waals surface area contributed by atoms with E-state index >= 15 is 0 Å². The molecule has 0 spiro atoms. The van der Waals surface area contributed by atoms with Crippen molar-refractivity contribution < 1.29 is 16.8 Å². The quantitative estimate of drug-likeness (QED) is 0.604. The number of halogens is 5. The second-order valence-corrected chi connectivity index (χ2v) is 6.75. The molecule has 3 aromatic rings. The molecule has 2 nitrogen and oxygen atoms in total. The fourth-order valence-corrected chi connectivity index (χ4v) is 3.54. The number of benzene rings is 2. The van der Waals surface area contributed by atoms with Gasteiger partial charge in [-0.05, 0) is 30.3 Å². The highest BCUT2D eigenvalue weighted by Crippen LogP contribution is 2.30. The normalized spacial score (nSPS) is 11.5. The third-order valence-electron chi connectivity index (χ3n) is 3.28. The van der Waals surface area contributed by atoms with Crippen molar-refractivity contribution >= 4 is 46.1 Å². The molecule has 0 fully saturated rings. The summed E-state index contributed by atoms with van der Waals surface area (Å²) in [6.45, 7) is 0. The smallest absolute Gasteiger partial charge is 0.189 e. The Bertz CT molecular complexity index is 949. The summed E-state index contributed by atoms with van der Waals surface area (Å²) in [5.41, 5.74) is 2.47. The van der Waals surface area contributed by atoms with Crippen molar-refractivity contribution in [3.8, 4) is 16.9 Å². The van der Waals surface area contributed by atoms with Gasteiger partial charge >= 0.3 is 0 Å². The monoisotopic (exact) mass is 421 g/mol. The van der Waals surface area contributed by atoms with Gasteiger partial charge in [-0.25, -0.2) is 4.39 Å². The van der Waals surface area contributed by atoms with Crippen LogP contribution in [0.25, 0.3) is 16.9 Å². The fraction of sp³-hybridized carbons (Fsp3) is 0.0625. The van der Waals surface area contributed by atoms with Crippen LogP contribution >= 0.6 is 46.1 Å². The first-order chi connectivity index (χ1) is 11.0. The van der Waals surface area contributed by atoms with Crippen LogP contribution in [0.1, 0.15) is 0 Å². The van der Waals surface area contributed by atoms with Gasteiger partial charge in [-0.3, -0.25) is 9.56 Å². The predicted molar refractivity (Wildman–Crippen MR) is 95.6 cm³/mol. The van der Waals surface area contributed by atoms with Crippen LogP contribution in [-0.2, 0) is 0 Å². The van der Waals surface area contributed by atoms with Crippen LogP contribution in [-0.4, -0.2) is 11.6 Å². The molecule has 0 saturated heterocycles. The summed E-state index contributed by atoms with van der Waals surface area (Å²) in [7, 11) is 1.70. The zero-order chi connectivity index (χ0) is 16.6. The van der Waals surface area contributed by atoms with E-state index in [1.54, 1.807) is 31.3 Å². The number of hydrogen-bond acceptors (Lipinski definition) is 2. The van der Waals surface area contributed by atoms with Gasteiger partial charge in [-0.15, -0.1) is 11.3 Å². The molecule has 0 radical (unpaired) electrons. The summed E-state index contributed by atoms with van der Waals surface area (Å²) >= 11 is 19.5. The standard InChI is InChI=1S/C16H10Cl3FN2S.ClH/c1-21-16-22(10-3-5-14(20)13(19)7-10)15(8-23-16)9-2-4-11(17)12(18)6-9;/h2-8H,1H3;1H/p-1. The topological polar surface area (TPSA) is 17.3 Å². The van der Waals surface area contributed by atoms with Crippen LogP contribution in [0.2, 0.25) is 15.1 Å². The summed E-state index contributed by atoms with van der Waals surface area (Å²) in [6.07, 6.45) is 0. The molecule has 0 saturated carbocycles. The fourth-order valence-electron chi connectivity index (χ4n) is 2.20. The zero-order valence-corrected chi connectivity index (χ0v) is 16.1. The SMILES string of the molecule is CN=c1scc(-c2ccc(Cl)c(Cl)c2)n1-c1ccc(F)c(Cl)c1.[Cl-]. The van der Waals surface area contributed by atoms with Gasteiger partial charge in [-0.1, -0.05) is 40.9 Å². The Morgan fingerprint density at radius 1 is 1.00 bits per heavy atom. The first kappa shape index (κ1) is 19.3. The second-order valence-electron chi connectivity index (χ2n) is 4.69. The minimum Gasteiger partial charge on any atom is -1.00 e. The summed E-state index contributed by atoms with van der Waals surface area (Å²) in [5, 5.41) is 2.97.